The van der Waals surface area contributed by atoms with Crippen LogP contribution in [0.15, 0.2) is 12.7 Å². The number of aliphatic hydroxyl groups excluding tert-OH is 2. The van der Waals surface area contributed by atoms with Crippen LogP contribution in [0, 0.1) is 0 Å². The zero-order valence-corrected chi connectivity index (χ0v) is 19.4. The number of nitrogen functional groups attached to an aromatic ring is 1. The summed E-state index contributed by atoms with van der Waals surface area (Å²) < 4.78 is 52.7. The lowest BCUT2D eigenvalue weighted by atomic mass is 9.98. The van der Waals surface area contributed by atoms with Crippen LogP contribution in [-0.2, 0) is 31.6 Å². The number of ether oxygens (including phenoxy) is 1. The molecule has 33 heavy (non-hydrogen) atoms. The number of alkyl halides is 1. The molecule has 0 bridgehead atoms. The molecule has 6 atom stereocenters. The van der Waals surface area contributed by atoms with E-state index in [0.717, 1.165) is 6.33 Å². The van der Waals surface area contributed by atoms with Gasteiger partial charge in [-0.15, -0.1) is 11.6 Å². The number of imidazole rings is 1. The molecular formula is C11H17ClN5O13P3. The van der Waals surface area contributed by atoms with Crippen molar-refractivity contribution in [2.24, 2.45) is 0 Å². The first kappa shape index (κ1) is 26.5. The first-order chi connectivity index (χ1) is 15.1. The molecular weight excluding hydrogens is 539 g/mol. The number of hydrogen-bond donors (Lipinski definition) is 7. The number of nitrogens with zero attached hydrogens (tertiary/aromatic N) is 4. The maximum Gasteiger partial charge on any atom is 0.490 e. The largest absolute Gasteiger partial charge is 0.490 e. The highest BCUT2D eigenvalue weighted by molar-refractivity contribution is 7.66. The Labute approximate surface area is 188 Å². The molecule has 1 saturated heterocycles. The highest BCUT2D eigenvalue weighted by Crippen LogP contribution is 2.66. The van der Waals surface area contributed by atoms with Crippen LogP contribution in [0.25, 0.3) is 11.2 Å². The Bertz CT molecular complexity index is 1180. The summed E-state index contributed by atoms with van der Waals surface area (Å²) in [5.74, 6) is -0.621. The number of phosphoric ester groups is 1. The van der Waals surface area contributed by atoms with E-state index in [1.54, 1.807) is 0 Å². The highest BCUT2D eigenvalue weighted by Gasteiger charge is 2.56. The van der Waals surface area contributed by atoms with Gasteiger partial charge in [-0.1, -0.05) is 0 Å². The van der Waals surface area contributed by atoms with E-state index in [1.165, 1.54) is 10.9 Å². The lowest BCUT2D eigenvalue weighted by Gasteiger charge is -2.30. The molecule has 1 aliphatic heterocycles. The Balaban J connectivity index is 1.80. The van der Waals surface area contributed by atoms with Gasteiger partial charge in [0, 0.05) is 0 Å². The van der Waals surface area contributed by atoms with Gasteiger partial charge in [-0.2, -0.15) is 8.62 Å². The molecule has 3 heterocycles. The molecule has 0 aromatic carbocycles. The van der Waals surface area contributed by atoms with Crippen molar-refractivity contribution in [2.75, 3.05) is 18.2 Å². The molecule has 0 radical (unpaired) electrons. The number of halogens is 1. The number of aromatic nitrogens is 4. The zero-order chi connectivity index (χ0) is 24.8. The summed E-state index contributed by atoms with van der Waals surface area (Å²) in [6.07, 6.45) is -2.67. The van der Waals surface area contributed by atoms with Crippen molar-refractivity contribution in [3.8, 4) is 0 Å². The maximum atomic E-state index is 12.0. The molecule has 0 spiro atoms. The van der Waals surface area contributed by atoms with Crippen LogP contribution in [0.1, 0.15) is 6.23 Å². The van der Waals surface area contributed by atoms with Crippen LogP contribution < -0.4 is 5.73 Å². The Hall–Kier alpha value is -1.07. The second-order valence-electron chi connectivity index (χ2n) is 6.59. The molecule has 3 rings (SSSR count). The molecule has 0 saturated carbocycles. The third kappa shape index (κ3) is 5.78. The zero-order valence-electron chi connectivity index (χ0n) is 15.9. The van der Waals surface area contributed by atoms with E-state index in [1.807, 2.05) is 0 Å². The molecule has 1 aliphatic rings. The number of anilines is 1. The summed E-state index contributed by atoms with van der Waals surface area (Å²) >= 11 is 5.85. The molecule has 8 N–H and O–H groups in total. The molecule has 0 amide bonds. The molecule has 22 heteroatoms. The van der Waals surface area contributed by atoms with Gasteiger partial charge in [0.15, 0.2) is 17.7 Å². The third-order valence-electron chi connectivity index (χ3n) is 4.29. The molecule has 2 aromatic rings. The van der Waals surface area contributed by atoms with E-state index in [0.29, 0.717) is 0 Å². The van der Waals surface area contributed by atoms with Gasteiger partial charge in [-0.3, -0.25) is 9.09 Å². The fourth-order valence-electron chi connectivity index (χ4n) is 2.89. The van der Waals surface area contributed by atoms with Crippen molar-refractivity contribution in [1.82, 2.24) is 19.5 Å². The first-order valence-corrected chi connectivity index (χ1v) is 13.5. The van der Waals surface area contributed by atoms with Gasteiger partial charge >= 0.3 is 23.5 Å². The quantitative estimate of drug-likeness (QED) is 0.144. The van der Waals surface area contributed by atoms with Crippen LogP contribution >= 0.6 is 35.1 Å². The van der Waals surface area contributed by atoms with E-state index in [4.69, 9.17) is 31.9 Å². The van der Waals surface area contributed by atoms with Gasteiger partial charge in [-0.05, 0) is 0 Å². The van der Waals surface area contributed by atoms with Crippen molar-refractivity contribution in [3.05, 3.63) is 12.7 Å². The summed E-state index contributed by atoms with van der Waals surface area (Å²) in [5, 5.41) is 21.0. The fraction of sp³-hybridized carbons (Fsp3) is 0.545. The maximum absolute atomic E-state index is 12.0. The van der Waals surface area contributed by atoms with Gasteiger partial charge < -0.3 is 40.3 Å². The van der Waals surface area contributed by atoms with E-state index in [9.17, 15) is 33.7 Å². The summed E-state index contributed by atoms with van der Waals surface area (Å²) in [6.45, 7) is -1.10. The second kappa shape index (κ2) is 9.18. The molecule has 3 unspecified atom stereocenters. The van der Waals surface area contributed by atoms with Gasteiger partial charge in [0.2, 0.25) is 0 Å². The van der Waals surface area contributed by atoms with Gasteiger partial charge in [0.05, 0.1) is 18.8 Å². The van der Waals surface area contributed by atoms with E-state index >= 15 is 0 Å². The summed E-state index contributed by atoms with van der Waals surface area (Å²) in [6, 6.07) is 0. The molecule has 0 aliphatic carbocycles. The number of phosphoric acid groups is 3. The lowest BCUT2D eigenvalue weighted by molar-refractivity contribution is -0.111. The Morgan fingerprint density at radius 1 is 1.12 bits per heavy atom. The van der Waals surface area contributed by atoms with Crippen LogP contribution in [0.2, 0.25) is 0 Å². The third-order valence-corrected chi connectivity index (χ3v) is 8.52. The molecule has 1 fully saturated rings. The standard InChI is InChI=1S/C11H17ClN5O13P3/c12-1-11(2-27-32(23,24)30-33(25,26)29-31(20,21)22)7(19)6(18)10(28-11)17-4-16-5-8(13)14-3-15-9(5)17/h3-4,6-7,10,18-19H,1-2H2,(H,23,24)(H,25,26)(H2,13,14,15)(H2,20,21,22)/t6-,7+,10?,11-/m1/s1. The van der Waals surface area contributed by atoms with Crippen molar-refractivity contribution in [3.63, 3.8) is 0 Å². The predicted molar refractivity (Wildman–Crippen MR) is 105 cm³/mol. The average molecular weight is 556 g/mol. The number of rotatable bonds is 9. The minimum absolute atomic E-state index is 0.0167. The second-order valence-corrected chi connectivity index (χ2v) is 11.3. The lowest BCUT2D eigenvalue weighted by Crippen LogP contribution is -2.48. The van der Waals surface area contributed by atoms with Crippen LogP contribution in [-0.4, -0.2) is 79.6 Å². The number of nitrogens with two attached hydrogens (primary N) is 1. The molecule has 186 valence electrons. The van der Waals surface area contributed by atoms with Gasteiger partial charge in [0.25, 0.3) is 0 Å². The minimum Gasteiger partial charge on any atom is -0.387 e. The number of aliphatic hydroxyl groups is 2. The average Bonchev–Trinajstić information content (AvgIpc) is 3.19. The molecule has 18 nitrogen and oxygen atoms in total. The minimum atomic E-state index is -5.76. The van der Waals surface area contributed by atoms with E-state index in [-0.39, 0.29) is 17.0 Å². The Kier molecular flexibility index (Phi) is 7.38. The van der Waals surface area contributed by atoms with Crippen molar-refractivity contribution < 1.29 is 61.4 Å². The summed E-state index contributed by atoms with van der Waals surface area (Å²) in [7, 11) is -16.9. The van der Waals surface area contributed by atoms with E-state index < -0.39 is 60.0 Å². The van der Waals surface area contributed by atoms with Crippen LogP contribution in [0.3, 0.4) is 0 Å². The first-order valence-electron chi connectivity index (χ1n) is 8.41. The molecule has 2 aromatic heterocycles. The fourth-order valence-corrected chi connectivity index (χ4v) is 6.26. The number of fused-ring (bicyclic) bond motifs is 1. The summed E-state index contributed by atoms with van der Waals surface area (Å²) in [4.78, 5) is 47.7. The van der Waals surface area contributed by atoms with Gasteiger partial charge in [0.1, 0.15) is 29.7 Å². The van der Waals surface area contributed by atoms with E-state index in [2.05, 4.69) is 28.1 Å². The topological polar surface area (TPSA) is 279 Å². The Morgan fingerprint density at radius 2 is 1.79 bits per heavy atom. The highest BCUT2D eigenvalue weighted by atomic mass is 35.5. The van der Waals surface area contributed by atoms with Gasteiger partial charge in [-0.25, -0.2) is 28.6 Å². The van der Waals surface area contributed by atoms with Crippen LogP contribution in [0.4, 0.5) is 5.82 Å². The smallest absolute Gasteiger partial charge is 0.387 e. The monoisotopic (exact) mass is 555 g/mol. The SMILES string of the molecule is Nc1ncnc2c1ncn2C1O[C@](CCl)(COP(=O)(O)OP(=O)(O)OP(=O)(O)O)[C@@H](O)[C@H]1O. The van der Waals surface area contributed by atoms with Crippen LogP contribution in [0.5, 0.6) is 0 Å². The van der Waals surface area contributed by atoms with Crippen molar-refractivity contribution in [1.29, 1.82) is 0 Å². The van der Waals surface area contributed by atoms with Crippen molar-refractivity contribution >= 4 is 52.1 Å². The predicted octanol–water partition coefficient (Wildman–Crippen LogP) is -1.02. The van der Waals surface area contributed by atoms with Crippen molar-refractivity contribution in [2.45, 2.75) is 24.0 Å². The Morgan fingerprint density at radius 3 is 2.39 bits per heavy atom. The summed E-state index contributed by atoms with van der Waals surface area (Å²) in [5.41, 5.74) is 3.88. The normalized spacial score (nSPS) is 29.7. The number of hydrogen-bond acceptors (Lipinski definition) is 13.